The minimum Gasteiger partial charge on any atom is -0.391 e. The Labute approximate surface area is 144 Å². The summed E-state index contributed by atoms with van der Waals surface area (Å²) in [6, 6.07) is 8.45. The average molecular weight is 341 g/mol. The first-order chi connectivity index (χ1) is 12.2. The van der Waals surface area contributed by atoms with E-state index in [2.05, 4.69) is 25.2 Å². The smallest absolute Gasteiger partial charge is 0.224 e. The molecule has 1 unspecified atom stereocenters. The lowest BCUT2D eigenvalue weighted by atomic mass is 10.1. The van der Waals surface area contributed by atoms with Gasteiger partial charge in [-0.2, -0.15) is 4.98 Å². The lowest BCUT2D eigenvalue weighted by Crippen LogP contribution is -2.38. The van der Waals surface area contributed by atoms with Crippen LogP contribution >= 0.6 is 0 Å². The number of nitrogens with zero attached hydrogens (tertiary/aromatic N) is 3. The molecule has 0 saturated carbocycles. The Balaban J connectivity index is 1.46. The van der Waals surface area contributed by atoms with Crippen LogP contribution in [0.5, 0.6) is 0 Å². The van der Waals surface area contributed by atoms with Crippen LogP contribution in [-0.2, 0) is 6.54 Å². The molecule has 3 N–H and O–H groups in total. The van der Waals surface area contributed by atoms with E-state index < -0.39 is 0 Å². The van der Waals surface area contributed by atoms with Gasteiger partial charge in [0, 0.05) is 35.9 Å². The van der Waals surface area contributed by atoms with Crippen LogP contribution in [0.1, 0.15) is 18.5 Å². The zero-order chi connectivity index (χ0) is 17.2. The molecule has 0 aliphatic carbocycles. The number of rotatable bonds is 4. The number of hydrogen-bond donors (Lipinski definition) is 3. The number of aromatic nitrogens is 3. The van der Waals surface area contributed by atoms with Crippen LogP contribution in [-0.4, -0.2) is 39.3 Å². The molecular formula is C18H20FN5O. The van der Waals surface area contributed by atoms with Crippen LogP contribution in [0.3, 0.4) is 0 Å². The fourth-order valence-electron chi connectivity index (χ4n) is 3.21. The minimum atomic E-state index is -0.299. The molecule has 0 spiro atoms. The van der Waals surface area contributed by atoms with Crippen molar-refractivity contribution < 1.29 is 9.50 Å². The molecule has 0 amide bonds. The minimum absolute atomic E-state index is 0.245. The largest absolute Gasteiger partial charge is 0.391 e. The van der Waals surface area contributed by atoms with Crippen molar-refractivity contribution in [3.63, 3.8) is 0 Å². The maximum absolute atomic E-state index is 13.3. The Morgan fingerprint density at radius 1 is 1.32 bits per heavy atom. The van der Waals surface area contributed by atoms with Crippen LogP contribution in [0.4, 0.5) is 16.2 Å². The molecule has 4 rings (SSSR count). The Morgan fingerprint density at radius 2 is 2.24 bits per heavy atom. The van der Waals surface area contributed by atoms with Crippen LogP contribution in [0.25, 0.3) is 10.9 Å². The molecule has 1 aliphatic heterocycles. The first-order valence-corrected chi connectivity index (χ1v) is 8.44. The lowest BCUT2D eigenvalue weighted by molar-refractivity contribution is 0.154. The van der Waals surface area contributed by atoms with Crippen LogP contribution in [0.2, 0.25) is 0 Å². The zero-order valence-electron chi connectivity index (χ0n) is 13.7. The second-order valence-corrected chi connectivity index (χ2v) is 6.36. The lowest BCUT2D eigenvalue weighted by Gasteiger charge is -2.31. The standard InChI is InChI=1S/C18H20FN5O/c19-13-3-4-16-12(8-13)9-14(22-16)10-21-18-20-6-5-17(23-18)24-7-1-2-15(25)11-24/h3-6,8-9,15,22,25H,1-2,7,10-11H2,(H,20,21,23). The summed E-state index contributed by atoms with van der Waals surface area (Å²) in [6.45, 7) is 2.01. The van der Waals surface area contributed by atoms with E-state index >= 15 is 0 Å². The highest BCUT2D eigenvalue weighted by atomic mass is 19.1. The molecule has 3 heterocycles. The normalized spacial score (nSPS) is 17.8. The third-order valence-corrected chi connectivity index (χ3v) is 4.44. The van der Waals surface area contributed by atoms with Crippen LogP contribution in [0, 0.1) is 5.82 Å². The van der Waals surface area contributed by atoms with Gasteiger partial charge in [0.25, 0.3) is 0 Å². The monoisotopic (exact) mass is 341 g/mol. The summed E-state index contributed by atoms with van der Waals surface area (Å²) in [5.74, 6) is 1.10. The second-order valence-electron chi connectivity index (χ2n) is 6.36. The molecule has 1 saturated heterocycles. The van der Waals surface area contributed by atoms with Gasteiger partial charge in [0.1, 0.15) is 11.6 Å². The molecule has 3 aromatic rings. The van der Waals surface area contributed by atoms with Crippen molar-refractivity contribution in [2.45, 2.75) is 25.5 Å². The van der Waals surface area contributed by atoms with Crippen molar-refractivity contribution in [2.24, 2.45) is 0 Å². The molecule has 6 nitrogen and oxygen atoms in total. The molecule has 130 valence electrons. The van der Waals surface area contributed by atoms with Crippen molar-refractivity contribution in [3.05, 3.63) is 48.0 Å². The fourth-order valence-corrected chi connectivity index (χ4v) is 3.21. The Hall–Kier alpha value is -2.67. The van der Waals surface area contributed by atoms with Gasteiger partial charge in [-0.05, 0) is 43.2 Å². The third-order valence-electron chi connectivity index (χ3n) is 4.44. The van der Waals surface area contributed by atoms with Crippen molar-refractivity contribution >= 4 is 22.7 Å². The summed E-state index contributed by atoms with van der Waals surface area (Å²) in [5.41, 5.74) is 1.83. The SMILES string of the molecule is OC1CCCN(c2ccnc(NCc3cc4cc(F)ccc4[nH]3)n2)C1. The third kappa shape index (κ3) is 3.56. The highest BCUT2D eigenvalue weighted by Gasteiger charge is 2.19. The Bertz CT molecular complexity index is 881. The number of hydrogen-bond acceptors (Lipinski definition) is 5. The first-order valence-electron chi connectivity index (χ1n) is 8.44. The highest BCUT2D eigenvalue weighted by molar-refractivity contribution is 5.80. The van der Waals surface area contributed by atoms with Gasteiger partial charge in [0.15, 0.2) is 0 Å². The van der Waals surface area contributed by atoms with E-state index in [-0.39, 0.29) is 11.9 Å². The summed E-state index contributed by atoms with van der Waals surface area (Å²) < 4.78 is 13.3. The van der Waals surface area contributed by atoms with Crippen molar-refractivity contribution in [1.82, 2.24) is 15.0 Å². The van der Waals surface area contributed by atoms with Gasteiger partial charge in [0.05, 0.1) is 12.6 Å². The fraction of sp³-hybridized carbons (Fsp3) is 0.333. The second kappa shape index (κ2) is 6.68. The number of benzene rings is 1. The first kappa shape index (κ1) is 15.8. The molecule has 1 aromatic carbocycles. The van der Waals surface area contributed by atoms with Gasteiger partial charge < -0.3 is 20.3 Å². The van der Waals surface area contributed by atoms with Gasteiger partial charge in [-0.1, -0.05) is 0 Å². The molecule has 0 bridgehead atoms. The summed E-state index contributed by atoms with van der Waals surface area (Å²) in [6.07, 6.45) is 3.21. The quantitative estimate of drug-likeness (QED) is 0.680. The van der Waals surface area contributed by atoms with E-state index in [1.165, 1.54) is 12.1 Å². The van der Waals surface area contributed by atoms with Gasteiger partial charge in [0.2, 0.25) is 5.95 Å². The maximum atomic E-state index is 13.3. The predicted octanol–water partition coefficient (Wildman–Crippen LogP) is 2.67. The predicted molar refractivity (Wildman–Crippen MR) is 95.1 cm³/mol. The van der Waals surface area contributed by atoms with Crippen molar-refractivity contribution in [1.29, 1.82) is 0 Å². The summed E-state index contributed by atoms with van der Waals surface area (Å²) in [4.78, 5) is 14.1. The van der Waals surface area contributed by atoms with Gasteiger partial charge >= 0.3 is 0 Å². The number of β-amino-alcohol motifs (C(OH)–C–C–N with tert-alkyl or cyclic N) is 1. The zero-order valence-corrected chi connectivity index (χ0v) is 13.7. The number of aliphatic hydroxyl groups is 1. The number of halogens is 1. The molecule has 1 aliphatic rings. The molecule has 1 atom stereocenters. The van der Waals surface area contributed by atoms with E-state index in [0.29, 0.717) is 19.0 Å². The number of piperidine rings is 1. The summed E-state index contributed by atoms with van der Waals surface area (Å²) in [5, 5.41) is 13.9. The van der Waals surface area contributed by atoms with Gasteiger partial charge in [-0.25, -0.2) is 9.37 Å². The molecule has 2 aromatic heterocycles. The van der Waals surface area contributed by atoms with Gasteiger partial charge in [-0.15, -0.1) is 0 Å². The maximum Gasteiger partial charge on any atom is 0.224 e. The molecule has 7 heteroatoms. The van der Waals surface area contributed by atoms with E-state index in [1.54, 1.807) is 12.3 Å². The Morgan fingerprint density at radius 3 is 3.12 bits per heavy atom. The van der Waals surface area contributed by atoms with E-state index in [0.717, 1.165) is 41.8 Å². The molecular weight excluding hydrogens is 321 g/mol. The van der Waals surface area contributed by atoms with E-state index in [9.17, 15) is 9.50 Å². The number of anilines is 2. The number of aromatic amines is 1. The summed E-state index contributed by atoms with van der Waals surface area (Å²) >= 11 is 0. The number of aliphatic hydroxyl groups excluding tert-OH is 1. The topological polar surface area (TPSA) is 77.1 Å². The molecule has 25 heavy (non-hydrogen) atoms. The number of nitrogens with one attached hydrogen (secondary N) is 2. The van der Waals surface area contributed by atoms with Crippen molar-refractivity contribution in [3.8, 4) is 0 Å². The van der Waals surface area contributed by atoms with Gasteiger partial charge in [-0.3, -0.25) is 0 Å². The van der Waals surface area contributed by atoms with Crippen LogP contribution in [0.15, 0.2) is 36.5 Å². The van der Waals surface area contributed by atoms with E-state index in [4.69, 9.17) is 0 Å². The van der Waals surface area contributed by atoms with Crippen molar-refractivity contribution in [2.75, 3.05) is 23.3 Å². The summed E-state index contributed by atoms with van der Waals surface area (Å²) in [7, 11) is 0. The van der Waals surface area contributed by atoms with E-state index in [1.807, 2.05) is 12.1 Å². The Kier molecular flexibility index (Phi) is 4.23. The molecule has 0 radical (unpaired) electrons. The highest BCUT2D eigenvalue weighted by Crippen LogP contribution is 2.20. The number of fused-ring (bicyclic) bond motifs is 1. The molecule has 1 fully saturated rings. The van der Waals surface area contributed by atoms with Crippen LogP contribution < -0.4 is 10.2 Å². The number of H-pyrrole nitrogens is 1. The average Bonchev–Trinajstić information content (AvgIpc) is 3.02.